The zero-order valence-corrected chi connectivity index (χ0v) is 9.68. The molecular formula is C4H8N16. The number of rotatable bonds is 0. The van der Waals surface area contributed by atoms with E-state index in [1.807, 2.05) is 0 Å². The summed E-state index contributed by atoms with van der Waals surface area (Å²) in [4.78, 5) is 0. The summed E-state index contributed by atoms with van der Waals surface area (Å²) in [5, 5.41) is 48.4. The van der Waals surface area contributed by atoms with E-state index in [1.165, 1.54) is 25.3 Å². The maximum Gasteiger partial charge on any atom is 0.135 e. The van der Waals surface area contributed by atoms with Gasteiger partial charge in [0.15, 0.2) is 0 Å². The Labute approximate surface area is 109 Å². The van der Waals surface area contributed by atoms with Crippen LogP contribution in [0.15, 0.2) is 25.3 Å². The molecule has 0 bridgehead atoms. The van der Waals surface area contributed by atoms with Crippen molar-refractivity contribution in [3.8, 4) is 0 Å². The van der Waals surface area contributed by atoms with Gasteiger partial charge in [-0.25, -0.2) is 20.4 Å². The first-order valence-corrected chi connectivity index (χ1v) is 4.68. The number of hydrogen-bond acceptors (Lipinski definition) is 12. The van der Waals surface area contributed by atoms with E-state index in [-0.39, 0.29) is 0 Å². The summed E-state index contributed by atoms with van der Waals surface area (Å²) in [6.45, 7) is 0. The van der Waals surface area contributed by atoms with Crippen LogP contribution in [0.2, 0.25) is 0 Å². The van der Waals surface area contributed by atoms with E-state index in [4.69, 9.17) is 0 Å². The second-order valence-corrected chi connectivity index (χ2v) is 2.25. The van der Waals surface area contributed by atoms with Crippen LogP contribution < -0.4 is 0 Å². The molecule has 16 heteroatoms. The van der Waals surface area contributed by atoms with Crippen LogP contribution in [-0.2, 0) is 0 Å². The third kappa shape index (κ3) is 9.50. The summed E-state index contributed by atoms with van der Waals surface area (Å²) < 4.78 is 0. The van der Waals surface area contributed by atoms with Crippen molar-refractivity contribution in [1.82, 2.24) is 82.5 Å². The van der Waals surface area contributed by atoms with Crippen LogP contribution in [0.4, 0.5) is 0 Å². The molecule has 104 valence electrons. The van der Waals surface area contributed by atoms with Gasteiger partial charge in [0.2, 0.25) is 0 Å². The van der Waals surface area contributed by atoms with Gasteiger partial charge in [0, 0.05) is 0 Å². The predicted octanol–water partition coefficient (Wildman–Crippen LogP) is -3.20. The molecule has 0 amide bonds. The molecule has 20 heavy (non-hydrogen) atoms. The fraction of sp³-hybridized carbons (Fsp3) is 0. The molecule has 4 aromatic heterocycles. The standard InChI is InChI=1S/4CH2N4/c4*1-2-4-5-3-1/h4*1H,(H,2,3,4,5). The Kier molecular flexibility index (Phi) is 8.43. The number of H-pyrrole nitrogens is 4. The monoisotopic (exact) mass is 280 g/mol. The van der Waals surface area contributed by atoms with Crippen molar-refractivity contribution >= 4 is 0 Å². The van der Waals surface area contributed by atoms with Crippen molar-refractivity contribution in [3.05, 3.63) is 25.3 Å². The van der Waals surface area contributed by atoms with Gasteiger partial charge >= 0.3 is 0 Å². The van der Waals surface area contributed by atoms with Crippen molar-refractivity contribution < 1.29 is 0 Å². The quantitative estimate of drug-likeness (QED) is 0.250. The molecule has 0 saturated heterocycles. The number of nitrogens with one attached hydrogen (secondary N) is 4. The molecule has 0 atom stereocenters. The molecule has 0 fully saturated rings. The second kappa shape index (κ2) is 11.8. The summed E-state index contributed by atoms with van der Waals surface area (Å²) in [5.41, 5.74) is 0. The number of aromatic nitrogens is 16. The molecule has 0 spiro atoms. The van der Waals surface area contributed by atoms with Crippen LogP contribution in [0.1, 0.15) is 0 Å². The molecular weight excluding hydrogens is 272 g/mol. The van der Waals surface area contributed by atoms with Gasteiger partial charge in [-0.3, -0.25) is 0 Å². The molecule has 4 N–H and O–H groups in total. The Morgan fingerprint density at radius 2 is 0.650 bits per heavy atom. The van der Waals surface area contributed by atoms with Gasteiger partial charge < -0.3 is 0 Å². The average Bonchev–Trinajstić information content (AvgIpc) is 3.40. The Morgan fingerprint density at radius 3 is 0.700 bits per heavy atom. The third-order valence-corrected chi connectivity index (χ3v) is 1.08. The lowest BCUT2D eigenvalue weighted by Gasteiger charge is -1.42. The van der Waals surface area contributed by atoms with Crippen LogP contribution in [0.25, 0.3) is 0 Å². The van der Waals surface area contributed by atoms with Crippen molar-refractivity contribution in [2.45, 2.75) is 0 Å². The minimum absolute atomic E-state index is 1.40. The average molecular weight is 280 g/mol. The highest BCUT2D eigenvalue weighted by Gasteiger charge is 1.60. The van der Waals surface area contributed by atoms with E-state index >= 15 is 0 Å². The van der Waals surface area contributed by atoms with Crippen molar-refractivity contribution in [2.24, 2.45) is 0 Å². The molecule has 0 saturated carbocycles. The predicted molar refractivity (Wildman–Crippen MR) is 56.7 cm³/mol. The fourth-order valence-corrected chi connectivity index (χ4v) is 0.516. The van der Waals surface area contributed by atoms with Crippen molar-refractivity contribution in [3.63, 3.8) is 0 Å². The minimum atomic E-state index is 1.40. The summed E-state index contributed by atoms with van der Waals surface area (Å²) in [5.74, 6) is 0. The van der Waals surface area contributed by atoms with Gasteiger partial charge in [-0.1, -0.05) is 0 Å². The second-order valence-electron chi connectivity index (χ2n) is 2.25. The van der Waals surface area contributed by atoms with Crippen LogP contribution >= 0.6 is 0 Å². The van der Waals surface area contributed by atoms with Gasteiger partial charge in [-0.15, -0.1) is 20.4 Å². The summed E-state index contributed by atoms with van der Waals surface area (Å²) >= 11 is 0. The summed E-state index contributed by atoms with van der Waals surface area (Å²) in [6, 6.07) is 0. The van der Waals surface area contributed by atoms with Crippen LogP contribution in [0, 0.1) is 0 Å². The molecule has 0 aliphatic rings. The Bertz CT molecular complexity index is 345. The van der Waals surface area contributed by atoms with Crippen molar-refractivity contribution in [2.75, 3.05) is 0 Å². The highest BCUT2D eigenvalue weighted by atomic mass is 15.5. The largest absolute Gasteiger partial charge is 0.246 e. The molecule has 16 nitrogen and oxygen atoms in total. The first-order chi connectivity index (χ1) is 10.0. The number of tetrazole rings is 4. The first kappa shape index (κ1) is 14.3. The lowest BCUT2D eigenvalue weighted by molar-refractivity contribution is 0.881. The van der Waals surface area contributed by atoms with E-state index in [2.05, 4.69) is 82.5 Å². The van der Waals surface area contributed by atoms with E-state index in [9.17, 15) is 0 Å². The van der Waals surface area contributed by atoms with Gasteiger partial charge in [-0.05, 0) is 41.7 Å². The molecule has 0 aliphatic heterocycles. The van der Waals surface area contributed by atoms with E-state index in [0.29, 0.717) is 0 Å². The molecule has 0 aromatic carbocycles. The maximum atomic E-state index is 3.31. The molecule has 4 aromatic rings. The van der Waals surface area contributed by atoms with Gasteiger partial charge in [-0.2, -0.15) is 0 Å². The zero-order chi connectivity index (χ0) is 14.1. The van der Waals surface area contributed by atoms with Gasteiger partial charge in [0.1, 0.15) is 25.3 Å². The van der Waals surface area contributed by atoms with Crippen LogP contribution in [0.5, 0.6) is 0 Å². The summed E-state index contributed by atoms with van der Waals surface area (Å²) in [6.07, 6.45) is 5.61. The third-order valence-electron chi connectivity index (χ3n) is 1.08. The fourth-order valence-electron chi connectivity index (χ4n) is 0.516. The van der Waals surface area contributed by atoms with Crippen molar-refractivity contribution in [1.29, 1.82) is 0 Å². The Hall–Kier alpha value is -3.72. The molecule has 4 rings (SSSR count). The smallest absolute Gasteiger partial charge is 0.135 e. The van der Waals surface area contributed by atoms with E-state index in [0.717, 1.165) is 0 Å². The maximum absolute atomic E-state index is 3.31. The first-order valence-electron chi connectivity index (χ1n) is 4.68. The van der Waals surface area contributed by atoms with E-state index < -0.39 is 0 Å². The lowest BCUT2D eigenvalue weighted by atomic mass is 11.4. The van der Waals surface area contributed by atoms with Gasteiger partial charge in [0.25, 0.3) is 0 Å². The topological polar surface area (TPSA) is 218 Å². The van der Waals surface area contributed by atoms with Crippen LogP contribution in [-0.4, -0.2) is 82.5 Å². The summed E-state index contributed by atoms with van der Waals surface area (Å²) in [7, 11) is 0. The molecule has 0 aliphatic carbocycles. The highest BCUT2D eigenvalue weighted by molar-refractivity contribution is 4.26. The van der Waals surface area contributed by atoms with E-state index in [1.54, 1.807) is 0 Å². The normalized spacial score (nSPS) is 8.00. The SMILES string of the molecule is c1nnn[nH]1.c1nnn[nH]1.c1nnn[nH]1.c1nnn[nH]1. The number of nitrogens with zero attached hydrogens (tertiary/aromatic N) is 12. The minimum Gasteiger partial charge on any atom is -0.246 e. The number of hydrogen-bond donors (Lipinski definition) is 4. The Morgan fingerprint density at radius 1 is 0.400 bits per heavy atom. The molecule has 4 heterocycles. The number of aromatic amines is 4. The highest BCUT2D eigenvalue weighted by Crippen LogP contribution is 1.45. The molecule has 0 unspecified atom stereocenters. The van der Waals surface area contributed by atoms with Gasteiger partial charge in [0.05, 0.1) is 0 Å². The zero-order valence-electron chi connectivity index (χ0n) is 9.68. The molecule has 0 radical (unpaired) electrons. The Balaban J connectivity index is 0.000000133. The van der Waals surface area contributed by atoms with Crippen LogP contribution in [0.3, 0.4) is 0 Å². The lowest BCUT2D eigenvalue weighted by Crippen LogP contribution is -1.64.